The number of aryl methyl sites for hydroxylation is 1. The topological polar surface area (TPSA) is 89.8 Å². The number of hydrogen-bond donors (Lipinski definition) is 1. The third-order valence-corrected chi connectivity index (χ3v) is 5.94. The van der Waals surface area contributed by atoms with Crippen LogP contribution in [0.4, 0.5) is 5.69 Å². The van der Waals surface area contributed by atoms with E-state index in [1.165, 1.54) is 21.8 Å². The van der Waals surface area contributed by atoms with Crippen LogP contribution in [0.15, 0.2) is 69.2 Å². The lowest BCUT2D eigenvalue weighted by molar-refractivity contribution is 0.0467. The van der Waals surface area contributed by atoms with E-state index >= 15 is 0 Å². The van der Waals surface area contributed by atoms with Crippen molar-refractivity contribution in [2.75, 3.05) is 5.32 Å². The van der Waals surface area contributed by atoms with Crippen molar-refractivity contribution in [2.24, 2.45) is 0 Å². The molecule has 2 aromatic carbocycles. The Morgan fingerprint density at radius 3 is 2.48 bits per heavy atom. The minimum absolute atomic E-state index is 0.108. The Morgan fingerprint density at radius 2 is 1.77 bits per heavy atom. The highest BCUT2D eigenvalue weighted by molar-refractivity contribution is 9.10. The summed E-state index contributed by atoms with van der Waals surface area (Å²) < 4.78 is 7.69. The molecule has 0 spiro atoms. The Balaban J connectivity index is 1.38. The van der Waals surface area contributed by atoms with Crippen molar-refractivity contribution in [3.8, 4) is 0 Å². The summed E-state index contributed by atoms with van der Waals surface area (Å²) in [7, 11) is 0. The molecule has 4 rings (SSSR count). The number of carbonyl (C=O) groups excluding carboxylic acids is 2. The van der Waals surface area contributed by atoms with E-state index in [4.69, 9.17) is 4.74 Å². The smallest absolute Gasteiger partial charge is 0.338 e. The van der Waals surface area contributed by atoms with Crippen LogP contribution in [0.2, 0.25) is 0 Å². The molecule has 2 heterocycles. The highest BCUT2D eigenvalue weighted by Crippen LogP contribution is 2.16. The van der Waals surface area contributed by atoms with Gasteiger partial charge in [-0.15, -0.1) is 11.3 Å². The first-order valence-corrected chi connectivity index (χ1v) is 10.9. The van der Waals surface area contributed by atoms with E-state index < -0.39 is 5.97 Å². The maximum atomic E-state index is 12.3. The predicted molar refractivity (Wildman–Crippen MR) is 122 cm³/mol. The van der Waals surface area contributed by atoms with Gasteiger partial charge >= 0.3 is 5.97 Å². The Kier molecular flexibility index (Phi) is 5.97. The number of esters is 1. The fraction of sp³-hybridized carbons (Fsp3) is 0.0909. The van der Waals surface area contributed by atoms with Gasteiger partial charge < -0.3 is 10.1 Å². The minimum atomic E-state index is -0.546. The van der Waals surface area contributed by atoms with E-state index in [0.29, 0.717) is 27.5 Å². The molecule has 0 unspecified atom stereocenters. The number of rotatable bonds is 5. The van der Waals surface area contributed by atoms with Gasteiger partial charge in [-0.1, -0.05) is 15.9 Å². The average molecular weight is 498 g/mol. The molecule has 0 aliphatic heterocycles. The summed E-state index contributed by atoms with van der Waals surface area (Å²) in [6.45, 7) is 1.72. The maximum Gasteiger partial charge on any atom is 0.338 e. The quantitative estimate of drug-likeness (QED) is 0.411. The number of benzene rings is 2. The second-order valence-corrected chi connectivity index (χ2v) is 8.45. The molecule has 0 saturated carbocycles. The van der Waals surface area contributed by atoms with E-state index in [1.54, 1.807) is 48.5 Å². The molecule has 0 bridgehead atoms. The Bertz CT molecular complexity index is 1330. The zero-order valence-electron chi connectivity index (χ0n) is 16.3. The van der Waals surface area contributed by atoms with Crippen LogP contribution in [0.1, 0.15) is 32.1 Å². The molecule has 1 amide bonds. The lowest BCUT2D eigenvalue weighted by Crippen LogP contribution is -2.16. The van der Waals surface area contributed by atoms with Gasteiger partial charge in [-0.2, -0.15) is 0 Å². The minimum Gasteiger partial charge on any atom is -0.456 e. The third kappa shape index (κ3) is 4.73. The van der Waals surface area contributed by atoms with Crippen LogP contribution in [0.5, 0.6) is 0 Å². The van der Waals surface area contributed by atoms with E-state index in [9.17, 15) is 14.4 Å². The van der Waals surface area contributed by atoms with Crippen molar-refractivity contribution in [2.45, 2.75) is 13.5 Å². The van der Waals surface area contributed by atoms with Gasteiger partial charge in [0.15, 0.2) is 4.96 Å². The summed E-state index contributed by atoms with van der Waals surface area (Å²) in [5.74, 6) is -0.797. The SMILES string of the molecule is Cc1csc2nc(COC(=O)c3ccc(NC(=O)c4ccc(Br)cc4)cc3)cc(=O)n12. The van der Waals surface area contributed by atoms with Gasteiger partial charge in [0.05, 0.1) is 11.3 Å². The van der Waals surface area contributed by atoms with E-state index in [0.717, 1.165) is 10.2 Å². The number of thiazole rings is 1. The Labute approximate surface area is 189 Å². The molecule has 0 atom stereocenters. The van der Waals surface area contributed by atoms with Crippen molar-refractivity contribution in [3.63, 3.8) is 0 Å². The number of halogens is 1. The molecular weight excluding hydrogens is 482 g/mol. The Morgan fingerprint density at radius 1 is 1.10 bits per heavy atom. The van der Waals surface area contributed by atoms with Crippen molar-refractivity contribution in [1.82, 2.24) is 9.38 Å². The zero-order chi connectivity index (χ0) is 22.0. The number of carbonyl (C=O) groups is 2. The van der Waals surface area contributed by atoms with Gasteiger partial charge in [-0.3, -0.25) is 14.0 Å². The first-order chi connectivity index (χ1) is 14.9. The van der Waals surface area contributed by atoms with Crippen molar-refractivity contribution < 1.29 is 14.3 Å². The molecule has 0 saturated heterocycles. The molecule has 1 N–H and O–H groups in total. The predicted octanol–water partition coefficient (Wildman–Crippen LogP) is 4.44. The van der Waals surface area contributed by atoms with Crippen LogP contribution in [-0.4, -0.2) is 21.3 Å². The first-order valence-electron chi connectivity index (χ1n) is 9.21. The molecule has 0 aliphatic rings. The van der Waals surface area contributed by atoms with Gasteiger partial charge in [-0.25, -0.2) is 9.78 Å². The molecule has 2 aromatic heterocycles. The summed E-state index contributed by atoms with van der Waals surface area (Å²) in [6, 6.07) is 14.7. The molecule has 31 heavy (non-hydrogen) atoms. The number of aromatic nitrogens is 2. The van der Waals surface area contributed by atoms with Gasteiger partial charge in [0.25, 0.3) is 11.5 Å². The third-order valence-electron chi connectivity index (χ3n) is 4.46. The summed E-state index contributed by atoms with van der Waals surface area (Å²) in [5, 5.41) is 4.62. The average Bonchev–Trinajstić information content (AvgIpc) is 3.14. The Hall–Kier alpha value is -3.30. The van der Waals surface area contributed by atoms with E-state index in [-0.39, 0.29) is 18.1 Å². The number of nitrogens with one attached hydrogen (secondary N) is 1. The number of ether oxygens (including phenoxy) is 1. The molecule has 156 valence electrons. The van der Waals surface area contributed by atoms with E-state index in [1.807, 2.05) is 12.3 Å². The molecular formula is C22H16BrN3O4S. The summed E-state index contributed by atoms with van der Waals surface area (Å²) >= 11 is 4.68. The summed E-state index contributed by atoms with van der Waals surface area (Å²) in [5.41, 5.74) is 2.39. The lowest BCUT2D eigenvalue weighted by atomic mass is 10.2. The van der Waals surface area contributed by atoms with Gasteiger partial charge in [-0.05, 0) is 55.5 Å². The number of nitrogens with zero attached hydrogens (tertiary/aromatic N) is 2. The molecule has 0 aliphatic carbocycles. The lowest BCUT2D eigenvalue weighted by Gasteiger charge is -2.08. The monoisotopic (exact) mass is 497 g/mol. The van der Waals surface area contributed by atoms with Crippen LogP contribution < -0.4 is 10.9 Å². The summed E-state index contributed by atoms with van der Waals surface area (Å²) in [4.78, 5) is 41.7. The standard InChI is InChI=1S/C22H16BrN3O4S/c1-13-12-31-22-25-18(10-19(27)26(13)22)11-30-21(29)15-4-8-17(9-5-15)24-20(28)14-2-6-16(23)7-3-14/h2-10,12H,11H2,1H3,(H,24,28). The molecule has 4 aromatic rings. The van der Waals surface area contributed by atoms with Crippen LogP contribution >= 0.6 is 27.3 Å². The van der Waals surface area contributed by atoms with E-state index in [2.05, 4.69) is 26.2 Å². The van der Waals surface area contributed by atoms with Crippen LogP contribution in [0.3, 0.4) is 0 Å². The van der Waals surface area contributed by atoms with Crippen molar-refractivity contribution in [1.29, 1.82) is 0 Å². The van der Waals surface area contributed by atoms with Crippen LogP contribution in [0.25, 0.3) is 4.96 Å². The van der Waals surface area contributed by atoms with Crippen LogP contribution in [0, 0.1) is 6.92 Å². The molecule has 7 nitrogen and oxygen atoms in total. The van der Waals surface area contributed by atoms with Crippen molar-refractivity contribution >= 4 is 49.8 Å². The van der Waals surface area contributed by atoms with Gasteiger partial charge in [0.2, 0.25) is 0 Å². The van der Waals surface area contributed by atoms with Crippen LogP contribution in [-0.2, 0) is 11.3 Å². The number of hydrogen-bond acceptors (Lipinski definition) is 6. The van der Waals surface area contributed by atoms with Gasteiger partial charge in [0, 0.05) is 32.9 Å². The second-order valence-electron chi connectivity index (χ2n) is 6.70. The molecule has 0 radical (unpaired) electrons. The highest BCUT2D eigenvalue weighted by atomic mass is 79.9. The number of anilines is 1. The van der Waals surface area contributed by atoms with Crippen molar-refractivity contribution in [3.05, 3.63) is 97.3 Å². The molecule has 9 heteroatoms. The largest absolute Gasteiger partial charge is 0.456 e. The fourth-order valence-corrected chi connectivity index (χ4v) is 4.05. The second kappa shape index (κ2) is 8.83. The zero-order valence-corrected chi connectivity index (χ0v) is 18.7. The number of amides is 1. The molecule has 0 fully saturated rings. The highest BCUT2D eigenvalue weighted by Gasteiger charge is 2.12. The number of fused-ring (bicyclic) bond motifs is 1. The normalized spacial score (nSPS) is 10.8. The summed E-state index contributed by atoms with van der Waals surface area (Å²) in [6.07, 6.45) is 0. The van der Waals surface area contributed by atoms with Gasteiger partial charge in [0.1, 0.15) is 6.61 Å². The fourth-order valence-electron chi connectivity index (χ4n) is 2.89. The first kappa shape index (κ1) is 21.0. The maximum absolute atomic E-state index is 12.3.